The number of hydrogen-bond acceptors (Lipinski definition) is 8. The lowest BCUT2D eigenvalue weighted by Gasteiger charge is -2.34. The van der Waals surface area contributed by atoms with Crippen molar-refractivity contribution in [2.45, 2.75) is 66.7 Å². The van der Waals surface area contributed by atoms with Crippen molar-refractivity contribution < 1.29 is 18.3 Å². The van der Waals surface area contributed by atoms with Crippen LogP contribution in [0.15, 0.2) is 45.1 Å². The SMILES string of the molecule is C#N.NC(=Nc1ccc2c(c1)C(O)C1(CCOCC1)S2(=O)=O)c1c(NC2CCCCC2)cc[nH]c1=O. The van der Waals surface area contributed by atoms with Crippen LogP contribution in [0.1, 0.15) is 62.2 Å². The zero-order valence-corrected chi connectivity index (χ0v) is 20.8. The van der Waals surface area contributed by atoms with Crippen molar-refractivity contribution in [3.05, 3.63) is 51.9 Å². The van der Waals surface area contributed by atoms with E-state index in [2.05, 4.69) is 21.9 Å². The van der Waals surface area contributed by atoms with Gasteiger partial charge in [0, 0.05) is 37.6 Å². The molecule has 2 aromatic rings. The standard InChI is InChI=1S/C24H30N4O5S.CHN/c25-22(20-18(8-11-26-23(20)30)27-15-4-2-1-3-5-15)28-16-6-7-19-17(14-16)21(29)24(34(19,31)32)9-12-33-13-10-24;1-2/h6-8,11,14-15,21,29H,1-5,9-10,12-13H2,(H2,25,28)(H2,26,27,30);1H. The van der Waals surface area contributed by atoms with Crippen molar-refractivity contribution in [2.75, 3.05) is 18.5 Å². The van der Waals surface area contributed by atoms with Crippen LogP contribution in [-0.4, -0.2) is 48.3 Å². The Labute approximate surface area is 210 Å². The molecule has 1 unspecified atom stereocenters. The Morgan fingerprint density at radius 3 is 2.58 bits per heavy atom. The number of nitrogens with zero attached hydrogens (tertiary/aromatic N) is 2. The van der Waals surface area contributed by atoms with Crippen LogP contribution in [0, 0.1) is 11.8 Å². The second-order valence-electron chi connectivity index (χ2n) is 9.38. The van der Waals surface area contributed by atoms with Crippen molar-refractivity contribution in [3.63, 3.8) is 0 Å². The Bertz CT molecular complexity index is 1320. The highest BCUT2D eigenvalue weighted by Gasteiger charge is 2.58. The average molecular weight is 514 g/mol. The Balaban J connectivity index is 0.00000148. The number of aromatic amines is 1. The van der Waals surface area contributed by atoms with Gasteiger partial charge in [-0.25, -0.2) is 18.7 Å². The second kappa shape index (κ2) is 10.4. The molecule has 1 aliphatic carbocycles. The molecule has 1 atom stereocenters. The molecule has 2 aliphatic heterocycles. The van der Waals surface area contributed by atoms with Gasteiger partial charge in [-0.3, -0.25) is 4.79 Å². The van der Waals surface area contributed by atoms with E-state index in [9.17, 15) is 18.3 Å². The predicted molar refractivity (Wildman–Crippen MR) is 136 cm³/mol. The number of aromatic nitrogens is 1. The quantitative estimate of drug-likeness (QED) is 0.357. The van der Waals surface area contributed by atoms with Crippen LogP contribution in [0.25, 0.3) is 0 Å². The maximum Gasteiger partial charge on any atom is 0.261 e. The number of amidine groups is 1. The Morgan fingerprint density at radius 2 is 1.89 bits per heavy atom. The molecule has 2 fully saturated rings. The van der Waals surface area contributed by atoms with Crippen LogP contribution in [0.2, 0.25) is 0 Å². The van der Waals surface area contributed by atoms with Crippen molar-refractivity contribution in [2.24, 2.45) is 10.7 Å². The van der Waals surface area contributed by atoms with Crippen molar-refractivity contribution >= 4 is 27.0 Å². The minimum Gasteiger partial charge on any atom is -0.387 e. The summed E-state index contributed by atoms with van der Waals surface area (Å²) in [5, 5.41) is 21.0. The number of aliphatic imine (C=N–C) groups is 1. The summed E-state index contributed by atoms with van der Waals surface area (Å²) in [6, 6.07) is 6.64. The highest BCUT2D eigenvalue weighted by atomic mass is 32.2. The van der Waals surface area contributed by atoms with Crippen LogP contribution in [0.3, 0.4) is 0 Å². The topological polar surface area (TPSA) is 171 Å². The summed E-state index contributed by atoms with van der Waals surface area (Å²) in [4.78, 5) is 19.9. The normalized spacial score (nSPS) is 22.9. The summed E-state index contributed by atoms with van der Waals surface area (Å²) in [6.07, 6.45) is 6.47. The van der Waals surface area contributed by atoms with Gasteiger partial charge in [-0.15, -0.1) is 0 Å². The molecule has 5 rings (SSSR count). The predicted octanol–water partition coefficient (Wildman–Crippen LogP) is 2.67. The number of anilines is 1. The highest BCUT2D eigenvalue weighted by Crippen LogP contribution is 2.52. The molecule has 11 heteroatoms. The summed E-state index contributed by atoms with van der Waals surface area (Å²) in [7, 11) is -3.72. The van der Waals surface area contributed by atoms with Crippen LogP contribution in [0.5, 0.6) is 0 Å². The van der Waals surface area contributed by atoms with Crippen molar-refractivity contribution in [3.8, 4) is 6.57 Å². The number of aliphatic hydroxyl groups excluding tert-OH is 1. The lowest BCUT2D eigenvalue weighted by atomic mass is 9.88. The molecule has 1 aromatic carbocycles. The Morgan fingerprint density at radius 1 is 1.19 bits per heavy atom. The average Bonchev–Trinajstić information content (AvgIpc) is 3.04. The van der Waals surface area contributed by atoms with Gasteiger partial charge in [0.25, 0.3) is 5.56 Å². The zero-order valence-electron chi connectivity index (χ0n) is 19.9. The fourth-order valence-electron chi connectivity index (χ4n) is 5.49. The third-order valence-corrected chi connectivity index (χ3v) is 10.0. The molecule has 10 nitrogen and oxygen atoms in total. The lowest BCUT2D eigenvalue weighted by Crippen LogP contribution is -2.44. The van der Waals surface area contributed by atoms with Gasteiger partial charge in [-0.05, 0) is 49.9 Å². The van der Waals surface area contributed by atoms with E-state index in [0.717, 1.165) is 25.7 Å². The van der Waals surface area contributed by atoms with E-state index in [0.29, 0.717) is 16.9 Å². The summed E-state index contributed by atoms with van der Waals surface area (Å²) in [5.41, 5.74) is 7.51. The molecular formula is C25H31N5O5S. The first-order chi connectivity index (χ1) is 17.3. The van der Waals surface area contributed by atoms with E-state index < -0.39 is 20.7 Å². The first kappa shape index (κ1) is 25.9. The third-order valence-electron chi connectivity index (χ3n) is 7.38. The molecule has 3 aliphatic rings. The Hall–Kier alpha value is -3.20. The van der Waals surface area contributed by atoms with Gasteiger partial charge < -0.3 is 25.9 Å². The fraction of sp³-hybridized carbons (Fsp3) is 0.480. The van der Waals surface area contributed by atoms with E-state index in [4.69, 9.17) is 15.7 Å². The molecule has 0 radical (unpaired) electrons. The second-order valence-corrected chi connectivity index (χ2v) is 11.6. The van der Waals surface area contributed by atoms with Crippen molar-refractivity contribution in [1.82, 2.24) is 4.98 Å². The first-order valence-electron chi connectivity index (χ1n) is 12.1. The molecule has 3 heterocycles. The van der Waals surface area contributed by atoms with Crippen LogP contribution in [0.4, 0.5) is 11.4 Å². The summed E-state index contributed by atoms with van der Waals surface area (Å²) < 4.78 is 30.6. The molecule has 1 saturated heterocycles. The monoisotopic (exact) mass is 513 g/mol. The molecule has 0 amide bonds. The van der Waals surface area contributed by atoms with E-state index >= 15 is 0 Å². The molecule has 0 bridgehead atoms. The molecule has 5 N–H and O–H groups in total. The van der Waals surface area contributed by atoms with E-state index in [1.165, 1.54) is 12.5 Å². The highest BCUT2D eigenvalue weighted by molar-refractivity contribution is 7.93. The van der Waals surface area contributed by atoms with Gasteiger partial charge >= 0.3 is 0 Å². The van der Waals surface area contributed by atoms with Crippen LogP contribution in [-0.2, 0) is 14.6 Å². The number of pyridine rings is 1. The largest absolute Gasteiger partial charge is 0.387 e. The smallest absolute Gasteiger partial charge is 0.261 e. The van der Waals surface area contributed by atoms with Gasteiger partial charge in [0.1, 0.15) is 22.3 Å². The van der Waals surface area contributed by atoms with Gasteiger partial charge in [0.15, 0.2) is 9.84 Å². The number of fused-ring (bicyclic) bond motifs is 1. The van der Waals surface area contributed by atoms with Crippen LogP contribution >= 0.6 is 0 Å². The van der Waals surface area contributed by atoms with E-state index in [1.54, 1.807) is 24.4 Å². The number of benzene rings is 1. The number of aliphatic hydroxyl groups is 1. The number of nitrogens with two attached hydrogens (primary N) is 1. The molecular weight excluding hydrogens is 482 g/mol. The fourth-order valence-corrected chi connectivity index (χ4v) is 7.78. The summed E-state index contributed by atoms with van der Waals surface area (Å²) in [5.74, 6) is 0.0243. The number of H-pyrrole nitrogens is 1. The molecule has 36 heavy (non-hydrogen) atoms. The number of hydrogen-bond donors (Lipinski definition) is 4. The molecule has 1 aromatic heterocycles. The maximum atomic E-state index is 13.3. The van der Waals surface area contributed by atoms with E-state index in [-0.39, 0.29) is 54.0 Å². The minimum atomic E-state index is -3.72. The first-order valence-corrected chi connectivity index (χ1v) is 13.5. The lowest BCUT2D eigenvalue weighted by molar-refractivity contribution is 0.0242. The van der Waals surface area contributed by atoms with Gasteiger partial charge in [-0.2, -0.15) is 0 Å². The Kier molecular flexibility index (Phi) is 7.49. The maximum absolute atomic E-state index is 13.3. The molecule has 192 valence electrons. The summed E-state index contributed by atoms with van der Waals surface area (Å²) in [6.45, 7) is 4.07. The van der Waals surface area contributed by atoms with Gasteiger partial charge in [-0.1, -0.05) is 19.3 Å². The zero-order chi connectivity index (χ0) is 25.9. The molecule has 1 saturated carbocycles. The number of sulfone groups is 1. The van der Waals surface area contributed by atoms with Gasteiger partial charge in [0.2, 0.25) is 0 Å². The van der Waals surface area contributed by atoms with Gasteiger partial charge in [0.05, 0.1) is 16.3 Å². The number of nitriles is 1. The molecule has 1 spiro atoms. The number of rotatable bonds is 4. The summed E-state index contributed by atoms with van der Waals surface area (Å²) >= 11 is 0. The third kappa shape index (κ3) is 4.40. The van der Waals surface area contributed by atoms with Crippen LogP contribution < -0.4 is 16.6 Å². The number of nitrogens with one attached hydrogen (secondary N) is 2. The number of ether oxygens (including phenoxy) is 1. The van der Waals surface area contributed by atoms with Crippen molar-refractivity contribution in [1.29, 1.82) is 5.26 Å². The minimum absolute atomic E-state index is 0.0243. The van der Waals surface area contributed by atoms with E-state index in [1.807, 2.05) is 0 Å².